The molecular formula is C13H15NO2. The highest BCUT2D eigenvalue weighted by atomic mass is 16.4. The predicted octanol–water partition coefficient (Wildman–Crippen LogP) is 2.36. The summed E-state index contributed by atoms with van der Waals surface area (Å²) < 4.78 is 0. The van der Waals surface area contributed by atoms with Crippen molar-refractivity contribution >= 4 is 11.7 Å². The molecule has 84 valence electrons. The summed E-state index contributed by atoms with van der Waals surface area (Å²) in [5, 5.41) is 12.1. The Morgan fingerprint density at radius 3 is 2.38 bits per heavy atom. The minimum atomic E-state index is -0.889. The van der Waals surface area contributed by atoms with Gasteiger partial charge >= 0.3 is 5.97 Å². The lowest BCUT2D eigenvalue weighted by Gasteiger charge is -2.11. The van der Waals surface area contributed by atoms with Gasteiger partial charge in [0.05, 0.1) is 5.56 Å². The third kappa shape index (κ3) is 2.08. The molecule has 16 heavy (non-hydrogen) atoms. The van der Waals surface area contributed by atoms with Gasteiger partial charge in [0.2, 0.25) is 0 Å². The molecule has 1 aliphatic heterocycles. The van der Waals surface area contributed by atoms with Crippen LogP contribution in [0.4, 0.5) is 0 Å². The highest BCUT2D eigenvalue weighted by Crippen LogP contribution is 2.28. The second-order valence-electron chi connectivity index (χ2n) is 4.78. The van der Waals surface area contributed by atoms with Crippen LogP contribution >= 0.6 is 0 Å². The van der Waals surface area contributed by atoms with Crippen LogP contribution in [0.25, 0.3) is 5.70 Å². The molecule has 3 heteroatoms. The zero-order valence-corrected chi connectivity index (χ0v) is 9.45. The van der Waals surface area contributed by atoms with Crippen molar-refractivity contribution in [3.63, 3.8) is 0 Å². The van der Waals surface area contributed by atoms with Crippen LogP contribution in [-0.4, -0.2) is 17.6 Å². The SMILES string of the molecule is CC1(C)C=C(c2ccc(C(=O)O)cc2)NC1. The first-order chi connectivity index (χ1) is 7.48. The molecule has 0 spiro atoms. The van der Waals surface area contributed by atoms with E-state index in [4.69, 9.17) is 5.11 Å². The van der Waals surface area contributed by atoms with Crippen LogP contribution in [0.2, 0.25) is 0 Å². The fourth-order valence-corrected chi connectivity index (χ4v) is 1.79. The maximum absolute atomic E-state index is 10.7. The summed E-state index contributed by atoms with van der Waals surface area (Å²) in [5.74, 6) is -0.889. The van der Waals surface area contributed by atoms with Gasteiger partial charge in [0.15, 0.2) is 0 Å². The number of carboxylic acids is 1. The van der Waals surface area contributed by atoms with E-state index in [1.807, 2.05) is 12.1 Å². The second-order valence-corrected chi connectivity index (χ2v) is 4.78. The Kier molecular flexibility index (Phi) is 2.46. The highest BCUT2D eigenvalue weighted by molar-refractivity contribution is 5.88. The smallest absolute Gasteiger partial charge is 0.335 e. The summed E-state index contributed by atoms with van der Waals surface area (Å²) in [5.41, 5.74) is 2.61. The molecule has 0 unspecified atom stereocenters. The number of rotatable bonds is 2. The third-order valence-electron chi connectivity index (χ3n) is 2.71. The first-order valence-corrected chi connectivity index (χ1v) is 5.28. The summed E-state index contributed by atoms with van der Waals surface area (Å²) in [6.45, 7) is 5.25. The predicted molar refractivity (Wildman–Crippen MR) is 63.2 cm³/mol. The zero-order chi connectivity index (χ0) is 11.8. The molecule has 0 amide bonds. The van der Waals surface area contributed by atoms with Crippen LogP contribution in [0.15, 0.2) is 30.3 Å². The summed E-state index contributed by atoms with van der Waals surface area (Å²) in [6.07, 6.45) is 2.18. The van der Waals surface area contributed by atoms with E-state index in [2.05, 4.69) is 25.2 Å². The standard InChI is InChI=1S/C13H15NO2/c1-13(2)7-11(14-8-13)9-3-5-10(6-4-9)12(15)16/h3-7,14H,8H2,1-2H3,(H,15,16). The van der Waals surface area contributed by atoms with Crippen LogP contribution in [-0.2, 0) is 0 Å². The topological polar surface area (TPSA) is 49.3 Å². The van der Waals surface area contributed by atoms with E-state index in [0.29, 0.717) is 5.56 Å². The maximum Gasteiger partial charge on any atom is 0.335 e. The van der Waals surface area contributed by atoms with E-state index in [1.54, 1.807) is 12.1 Å². The highest BCUT2D eigenvalue weighted by Gasteiger charge is 2.22. The quantitative estimate of drug-likeness (QED) is 0.799. The molecule has 0 saturated carbocycles. The molecule has 0 saturated heterocycles. The molecule has 1 heterocycles. The molecule has 0 atom stereocenters. The molecule has 1 aromatic rings. The summed E-state index contributed by atoms with van der Waals surface area (Å²) in [6, 6.07) is 6.93. The largest absolute Gasteiger partial charge is 0.478 e. The molecule has 0 bridgehead atoms. The summed E-state index contributed by atoms with van der Waals surface area (Å²) in [7, 11) is 0. The van der Waals surface area contributed by atoms with Gasteiger partial charge in [-0.3, -0.25) is 0 Å². The van der Waals surface area contributed by atoms with Crippen molar-refractivity contribution in [3.05, 3.63) is 41.5 Å². The number of carboxylic acid groups (broad SMARTS) is 1. The van der Waals surface area contributed by atoms with E-state index in [1.165, 1.54) is 0 Å². The molecule has 1 aromatic carbocycles. The molecule has 3 nitrogen and oxygen atoms in total. The minimum absolute atomic E-state index is 0.167. The molecular weight excluding hydrogens is 202 g/mol. The van der Waals surface area contributed by atoms with Crippen LogP contribution < -0.4 is 5.32 Å². The van der Waals surface area contributed by atoms with Crippen LogP contribution in [0.3, 0.4) is 0 Å². The van der Waals surface area contributed by atoms with E-state index in [0.717, 1.165) is 17.8 Å². The van der Waals surface area contributed by atoms with Crippen LogP contribution in [0.5, 0.6) is 0 Å². The Hall–Kier alpha value is -1.77. The van der Waals surface area contributed by atoms with E-state index < -0.39 is 5.97 Å². The van der Waals surface area contributed by atoms with Gasteiger partial charge in [0, 0.05) is 17.7 Å². The van der Waals surface area contributed by atoms with E-state index >= 15 is 0 Å². The van der Waals surface area contributed by atoms with Gasteiger partial charge in [-0.05, 0) is 17.7 Å². The average Bonchev–Trinajstić information content (AvgIpc) is 2.59. The van der Waals surface area contributed by atoms with E-state index in [9.17, 15) is 4.79 Å². The maximum atomic E-state index is 10.7. The van der Waals surface area contributed by atoms with Crippen LogP contribution in [0, 0.1) is 5.41 Å². The number of hydrogen-bond acceptors (Lipinski definition) is 2. The van der Waals surface area contributed by atoms with Gasteiger partial charge in [0.25, 0.3) is 0 Å². The van der Waals surface area contributed by atoms with Crippen molar-refractivity contribution in [3.8, 4) is 0 Å². The van der Waals surface area contributed by atoms with Crippen molar-refractivity contribution in [1.82, 2.24) is 5.32 Å². The number of carbonyl (C=O) groups is 1. The Balaban J connectivity index is 2.27. The zero-order valence-electron chi connectivity index (χ0n) is 9.45. The molecule has 0 radical (unpaired) electrons. The Labute approximate surface area is 94.8 Å². The average molecular weight is 217 g/mol. The Morgan fingerprint density at radius 2 is 1.94 bits per heavy atom. The second kappa shape index (κ2) is 3.67. The lowest BCUT2D eigenvalue weighted by Crippen LogP contribution is -2.17. The lowest BCUT2D eigenvalue weighted by atomic mass is 9.95. The van der Waals surface area contributed by atoms with Crippen molar-refractivity contribution in [2.24, 2.45) is 5.41 Å². The number of benzene rings is 1. The molecule has 2 N–H and O–H groups in total. The summed E-state index contributed by atoms with van der Waals surface area (Å²) >= 11 is 0. The number of aromatic carboxylic acids is 1. The van der Waals surface area contributed by atoms with E-state index in [-0.39, 0.29) is 5.41 Å². The van der Waals surface area contributed by atoms with Crippen LogP contribution in [0.1, 0.15) is 29.8 Å². The van der Waals surface area contributed by atoms with Crippen molar-refractivity contribution in [2.45, 2.75) is 13.8 Å². The molecule has 0 aromatic heterocycles. The van der Waals surface area contributed by atoms with Crippen molar-refractivity contribution in [1.29, 1.82) is 0 Å². The number of hydrogen-bond donors (Lipinski definition) is 2. The Morgan fingerprint density at radius 1 is 1.31 bits per heavy atom. The molecule has 0 aliphatic carbocycles. The van der Waals surface area contributed by atoms with Gasteiger partial charge in [-0.15, -0.1) is 0 Å². The fraction of sp³-hybridized carbons (Fsp3) is 0.308. The van der Waals surface area contributed by atoms with Gasteiger partial charge in [-0.2, -0.15) is 0 Å². The molecule has 0 fully saturated rings. The number of nitrogens with one attached hydrogen (secondary N) is 1. The van der Waals surface area contributed by atoms with Crippen molar-refractivity contribution in [2.75, 3.05) is 6.54 Å². The molecule has 2 rings (SSSR count). The first kappa shape index (κ1) is 10.7. The summed E-state index contributed by atoms with van der Waals surface area (Å²) in [4.78, 5) is 10.7. The van der Waals surface area contributed by atoms with Gasteiger partial charge in [-0.25, -0.2) is 4.79 Å². The normalized spacial score (nSPS) is 17.8. The van der Waals surface area contributed by atoms with Gasteiger partial charge in [0.1, 0.15) is 0 Å². The lowest BCUT2D eigenvalue weighted by molar-refractivity contribution is 0.0697. The third-order valence-corrected chi connectivity index (χ3v) is 2.71. The van der Waals surface area contributed by atoms with Gasteiger partial charge < -0.3 is 10.4 Å². The Bertz CT molecular complexity index is 444. The monoisotopic (exact) mass is 217 g/mol. The fourth-order valence-electron chi connectivity index (χ4n) is 1.79. The first-order valence-electron chi connectivity index (χ1n) is 5.28. The van der Waals surface area contributed by atoms with Crippen molar-refractivity contribution < 1.29 is 9.90 Å². The molecule has 1 aliphatic rings. The van der Waals surface area contributed by atoms with Gasteiger partial charge in [-0.1, -0.05) is 32.1 Å². The minimum Gasteiger partial charge on any atom is -0.478 e.